The molecule has 1 aliphatic heterocycles. The minimum absolute atomic E-state index is 0. The number of carbonyl (C=O) groups excluding carboxylic acids is 7. The standard InChI is InChI=1S/C30H38N6O10S.2C11H6F2N.C2HF3O2.Ir/c1-20-11-13-31-22(17-20)23-18-21(12-14-32-23)29(41)34-24(19-47(43,44)45)30(42)33-15-16-35(2)25(37)7-5-3-4-6-8-28(40)46-36-26(38)9-10-27(36)39;2*12-8-4-5-9(10(13)7-8)11-3-1-2-6-14-11;3-2(4,5)1(6)7;/h11-14,17-18,24H,3-10,15-16,19H2,1-2H3,(H,33,42)(H,34,41)(H,43,44,45);2*1-4,6-7H;(H,6,7);/q;2*-1;;/p-2. The van der Waals surface area contributed by atoms with Crippen LogP contribution in [0.4, 0.5) is 30.7 Å². The van der Waals surface area contributed by atoms with Gasteiger partial charge in [0.1, 0.15) is 12.0 Å². The average molecular weight is 1360 g/mol. The number of aryl methyl sites for hydroxylation is 1. The number of rotatable bonds is 19. The first-order valence-electron chi connectivity index (χ1n) is 24.3. The van der Waals surface area contributed by atoms with Crippen molar-refractivity contribution in [2.75, 3.05) is 25.9 Å². The van der Waals surface area contributed by atoms with Crippen molar-refractivity contribution in [2.45, 2.75) is 70.5 Å². The molecule has 0 spiro atoms. The molecule has 0 saturated carbocycles. The van der Waals surface area contributed by atoms with Gasteiger partial charge < -0.3 is 44.8 Å². The van der Waals surface area contributed by atoms with Gasteiger partial charge in [0.05, 0.1) is 27.3 Å². The minimum Gasteiger partial charge on any atom is -0.748 e. The summed E-state index contributed by atoms with van der Waals surface area (Å²) in [6, 6.07) is 23.7. The molecule has 29 heteroatoms. The molecule has 6 aromatic rings. The number of carboxylic acids is 1. The molecule has 1 atom stereocenters. The molecule has 1 radical (unpaired) electrons. The zero-order valence-corrected chi connectivity index (χ0v) is 46.9. The number of carboxylic acid groups (broad SMARTS) is 1. The van der Waals surface area contributed by atoms with E-state index in [9.17, 15) is 72.5 Å². The van der Waals surface area contributed by atoms with Gasteiger partial charge in [0.15, 0.2) is 0 Å². The molecule has 0 bridgehead atoms. The average Bonchev–Trinajstić information content (AvgIpc) is 3.79. The number of likely N-dealkylation sites (N-methyl/N-ethyl adjacent to an activating group) is 1. The number of hydroxylamine groups is 2. The van der Waals surface area contributed by atoms with Crippen LogP contribution in [0.2, 0.25) is 0 Å². The molecule has 0 aliphatic carbocycles. The van der Waals surface area contributed by atoms with Gasteiger partial charge in [-0.05, 0) is 73.1 Å². The number of aromatic nitrogens is 4. The second kappa shape index (κ2) is 33.5. The number of unbranched alkanes of at least 4 members (excludes halogenated alkanes) is 3. The number of hydrogen-bond acceptors (Lipinski definition) is 16. The largest absolute Gasteiger partial charge is 0.748 e. The molecule has 2 N–H and O–H groups in total. The van der Waals surface area contributed by atoms with Crippen LogP contribution < -0.4 is 15.7 Å². The van der Waals surface area contributed by atoms with Crippen LogP contribution in [-0.4, -0.2) is 122 Å². The number of nitrogens with zero attached hydrogens (tertiary/aromatic N) is 6. The minimum atomic E-state index is -5.19. The molecule has 5 amide bonds. The van der Waals surface area contributed by atoms with Crippen molar-refractivity contribution in [2.24, 2.45) is 0 Å². The number of halogens is 7. The fraction of sp³-hybridized carbons (Fsp3) is 0.278. The Morgan fingerprint density at radius 3 is 1.70 bits per heavy atom. The van der Waals surface area contributed by atoms with Crippen LogP contribution in [-0.2, 0) is 63.8 Å². The summed E-state index contributed by atoms with van der Waals surface area (Å²) >= 11 is 0. The summed E-state index contributed by atoms with van der Waals surface area (Å²) < 4.78 is 118. The Morgan fingerprint density at radius 2 is 1.23 bits per heavy atom. The Bertz CT molecular complexity index is 3200. The monoisotopic (exact) mass is 1360 g/mol. The molecule has 5 heterocycles. The van der Waals surface area contributed by atoms with Crippen LogP contribution in [0.15, 0.2) is 110 Å². The number of pyridine rings is 4. The number of nitrogens with one attached hydrogen (secondary N) is 2. The second-order valence-corrected chi connectivity index (χ2v) is 18.7. The van der Waals surface area contributed by atoms with Gasteiger partial charge in [-0.3, -0.25) is 51.5 Å². The van der Waals surface area contributed by atoms with Crippen LogP contribution in [0.3, 0.4) is 0 Å². The maximum absolute atomic E-state index is 13.2. The quantitative estimate of drug-likeness (QED) is 0.0329. The van der Waals surface area contributed by atoms with Crippen molar-refractivity contribution < 1.29 is 107 Å². The number of aliphatic carboxylic acids is 1. The summed E-state index contributed by atoms with van der Waals surface area (Å²) in [6.07, 6.45) is 3.34. The molecule has 7 rings (SSSR count). The molecular weight excluding hydrogens is 1310 g/mol. The van der Waals surface area contributed by atoms with E-state index in [-0.39, 0.29) is 81.5 Å². The molecule has 1 fully saturated rings. The summed E-state index contributed by atoms with van der Waals surface area (Å²) in [5.41, 5.74) is 3.14. The fourth-order valence-corrected chi connectivity index (χ4v) is 7.45. The molecule has 1 unspecified atom stereocenters. The van der Waals surface area contributed by atoms with E-state index < -0.39 is 86.9 Å². The predicted molar refractivity (Wildman–Crippen MR) is 271 cm³/mol. The maximum atomic E-state index is 13.2. The first kappa shape index (κ1) is 68.9. The number of imide groups is 1. The Kier molecular flexibility index (Phi) is 27.8. The molecule has 20 nitrogen and oxygen atoms in total. The third-order valence-corrected chi connectivity index (χ3v) is 11.6. The predicted octanol–water partition coefficient (Wildman–Crippen LogP) is 5.57. The normalized spacial score (nSPS) is 12.1. The van der Waals surface area contributed by atoms with E-state index in [4.69, 9.17) is 14.7 Å². The first-order chi connectivity index (χ1) is 38.7. The SMILES string of the molecule is Cc1ccnc(-c2cc(C(=O)NC(CS(=O)(=O)[O-])C(=O)NCCN(C)C(=O)CCCCCCC(=O)ON3C(=O)CCC3=O)ccn2)c1.Fc1c[c-]c(-c2ccccn2)c(F)c1.Fc1c[c-]c(-c2ccccn2)c(F)c1.O=C([O-])C(F)(F)F.[Ir]. The van der Waals surface area contributed by atoms with Crippen LogP contribution in [0.1, 0.15) is 67.3 Å². The van der Waals surface area contributed by atoms with Crippen LogP contribution in [0.5, 0.6) is 0 Å². The van der Waals surface area contributed by atoms with E-state index in [1.54, 1.807) is 67.1 Å². The van der Waals surface area contributed by atoms with Crippen LogP contribution >= 0.6 is 0 Å². The van der Waals surface area contributed by atoms with Gasteiger partial charge in [0, 0.05) is 120 Å². The van der Waals surface area contributed by atoms with Crippen molar-refractivity contribution in [1.29, 1.82) is 0 Å². The van der Waals surface area contributed by atoms with Gasteiger partial charge in [0.2, 0.25) is 11.8 Å². The fourth-order valence-electron chi connectivity index (χ4n) is 6.81. The summed E-state index contributed by atoms with van der Waals surface area (Å²) in [4.78, 5) is 104. The Hall–Kier alpha value is -8.40. The van der Waals surface area contributed by atoms with E-state index >= 15 is 0 Å². The number of amides is 5. The Balaban J connectivity index is 0.000000398. The zero-order chi connectivity index (χ0) is 60.6. The number of hydrogen-bond donors (Lipinski definition) is 2. The number of carbonyl (C=O) groups is 7. The molecule has 445 valence electrons. The summed E-state index contributed by atoms with van der Waals surface area (Å²) in [6.45, 7) is 1.86. The number of alkyl halides is 3. The van der Waals surface area contributed by atoms with E-state index in [0.717, 1.165) is 29.8 Å². The van der Waals surface area contributed by atoms with Crippen LogP contribution in [0.25, 0.3) is 33.9 Å². The van der Waals surface area contributed by atoms with E-state index in [1.165, 1.54) is 30.3 Å². The van der Waals surface area contributed by atoms with Crippen molar-refractivity contribution >= 4 is 51.6 Å². The molecule has 4 aromatic heterocycles. The maximum Gasteiger partial charge on any atom is 0.430 e. The van der Waals surface area contributed by atoms with Crippen LogP contribution in [0, 0.1) is 42.3 Å². The molecular formula is C54H49F7IrN8O12S-4. The van der Waals surface area contributed by atoms with Gasteiger partial charge in [0.25, 0.3) is 17.7 Å². The van der Waals surface area contributed by atoms with Gasteiger partial charge >= 0.3 is 12.1 Å². The number of benzene rings is 2. The van der Waals surface area contributed by atoms with E-state index in [1.807, 2.05) is 6.92 Å². The van der Waals surface area contributed by atoms with E-state index in [0.29, 0.717) is 53.5 Å². The summed E-state index contributed by atoms with van der Waals surface area (Å²) in [5, 5.41) is 14.0. The van der Waals surface area contributed by atoms with Crippen molar-refractivity contribution in [3.63, 3.8) is 0 Å². The molecule has 83 heavy (non-hydrogen) atoms. The topological polar surface area (TPSA) is 291 Å². The van der Waals surface area contributed by atoms with Gasteiger partial charge in [-0.1, -0.05) is 60.4 Å². The molecule has 1 aliphatic rings. The third-order valence-electron chi connectivity index (χ3n) is 10.9. The van der Waals surface area contributed by atoms with Gasteiger partial charge in [-0.2, -0.15) is 13.2 Å². The third kappa shape index (κ3) is 24.3. The smallest absolute Gasteiger partial charge is 0.430 e. The van der Waals surface area contributed by atoms with Gasteiger partial charge in [-0.25, -0.2) is 13.2 Å². The van der Waals surface area contributed by atoms with Crippen molar-refractivity contribution in [1.82, 2.24) is 40.5 Å². The summed E-state index contributed by atoms with van der Waals surface area (Å²) in [5.74, 6) is -10.4. The molecule has 1 saturated heterocycles. The zero-order valence-electron chi connectivity index (χ0n) is 43.7. The Morgan fingerprint density at radius 1 is 0.735 bits per heavy atom. The van der Waals surface area contributed by atoms with E-state index in [2.05, 4.69) is 42.7 Å². The second-order valence-electron chi connectivity index (χ2n) is 17.3. The molecule has 2 aromatic carbocycles. The first-order valence-corrected chi connectivity index (χ1v) is 25.9. The Labute approximate surface area is 484 Å². The van der Waals surface area contributed by atoms with Crippen molar-refractivity contribution in [3.8, 4) is 33.9 Å². The van der Waals surface area contributed by atoms with Gasteiger partial charge in [-0.15, -0.1) is 29.3 Å². The van der Waals surface area contributed by atoms with Crippen molar-refractivity contribution in [3.05, 3.63) is 156 Å². The summed E-state index contributed by atoms with van der Waals surface area (Å²) in [7, 11) is -3.38.